The summed E-state index contributed by atoms with van der Waals surface area (Å²) in [5.74, 6) is -21.0. The Morgan fingerprint density at radius 3 is 2.00 bits per heavy atom. The molecule has 11 amide bonds. The number of pyridine rings is 1. The van der Waals surface area contributed by atoms with Crippen molar-refractivity contribution < 1.29 is 161 Å². The number of hydrogen-bond acceptors (Lipinski definition) is 38. The molecule has 9 aliphatic heterocycles. The van der Waals surface area contributed by atoms with E-state index in [1.54, 1.807) is 42.9 Å². The van der Waals surface area contributed by atoms with Crippen molar-refractivity contribution in [2.24, 2.45) is 22.5 Å². The number of carboxylic acids is 2. The number of aromatic hydroxyl groups is 3. The van der Waals surface area contributed by atoms with Crippen LogP contribution in [0.3, 0.4) is 0 Å². The summed E-state index contributed by atoms with van der Waals surface area (Å²) in [5, 5.41) is 159. The van der Waals surface area contributed by atoms with Crippen LogP contribution in [0.2, 0.25) is 10.0 Å². The van der Waals surface area contributed by atoms with Crippen molar-refractivity contribution in [2.45, 2.75) is 213 Å². The molecular weight excluding hydrogens is 2060 g/mol. The highest BCUT2D eigenvalue weighted by Gasteiger charge is 2.57. The first kappa shape index (κ1) is 112. The summed E-state index contributed by atoms with van der Waals surface area (Å²) in [6, 6.07) is -0.252. The van der Waals surface area contributed by atoms with E-state index >= 15 is 24.0 Å². The van der Waals surface area contributed by atoms with Gasteiger partial charge in [-0.25, -0.2) is 18.5 Å². The summed E-state index contributed by atoms with van der Waals surface area (Å²) in [6.07, 6.45) is -15.4. The number of aliphatic hydroxyl groups is 6. The number of fused-ring (bicyclic) bond motifs is 16. The molecule has 804 valence electrons. The Hall–Kier alpha value is -13.9. The molecular formula is C95H111Cl2FN19O31S2+. The third-order valence-electron chi connectivity index (χ3n) is 25.6. The van der Waals surface area contributed by atoms with Crippen molar-refractivity contribution in [3.63, 3.8) is 0 Å². The number of thioether (sulfide) groups is 1. The first-order valence-corrected chi connectivity index (χ1v) is 49.7. The lowest BCUT2D eigenvalue weighted by Crippen LogP contribution is -2.71. The second-order valence-corrected chi connectivity index (χ2v) is 39.6. The number of nitrogens with one attached hydrogen (secondary N) is 11. The molecule has 150 heavy (non-hydrogen) atoms. The summed E-state index contributed by atoms with van der Waals surface area (Å²) in [7, 11) is 1.45. The maximum absolute atomic E-state index is 16.4. The minimum Gasteiger partial charge on any atom is -0.507 e. The lowest BCUT2D eigenvalue weighted by atomic mass is 9.86. The predicted molar refractivity (Wildman–Crippen MR) is 523 cm³/mol. The summed E-state index contributed by atoms with van der Waals surface area (Å²) in [5.41, 5.74) is 13.1. The third-order valence-corrected chi connectivity index (χ3v) is 28.1. The monoisotopic (exact) mass is 2170 g/mol. The number of ether oxygens (including phenoxy) is 6. The number of aromatic nitrogens is 3. The highest BCUT2D eigenvalue weighted by molar-refractivity contribution is 8.00. The Bertz CT molecular complexity index is 6410. The van der Waals surface area contributed by atoms with Gasteiger partial charge >= 0.3 is 11.9 Å². The number of primary amides is 1. The lowest BCUT2D eigenvalue weighted by Gasteiger charge is -2.49. The van der Waals surface area contributed by atoms with Gasteiger partial charge < -0.3 is 165 Å². The summed E-state index contributed by atoms with van der Waals surface area (Å²) in [6.45, 7) is 3.56. The smallest absolute Gasteiger partial charge is 0.352 e. The molecule has 55 heteroatoms. The molecule has 0 spiro atoms. The number of nitrogens with zero attached hydrogens (tertiary/aromatic N) is 5. The van der Waals surface area contributed by atoms with Gasteiger partial charge in [0.25, 0.3) is 11.8 Å². The van der Waals surface area contributed by atoms with Crippen molar-refractivity contribution >= 4 is 134 Å². The number of benzene rings is 5. The summed E-state index contributed by atoms with van der Waals surface area (Å²) < 4.78 is 57.1. The number of anilines is 1. The molecule has 0 saturated carbocycles. The number of aliphatic carboxylic acids is 2. The number of nitrogen functional groups attached to an aromatic ring is 1. The number of phenolic OH excluding ortho intramolecular Hbond substituents is 3. The van der Waals surface area contributed by atoms with Gasteiger partial charge in [-0.05, 0) is 128 Å². The van der Waals surface area contributed by atoms with Gasteiger partial charge in [0.15, 0.2) is 54.0 Å². The largest absolute Gasteiger partial charge is 0.507 e. The molecule has 3 fully saturated rings. The minimum atomic E-state index is -2.44. The van der Waals surface area contributed by atoms with Crippen molar-refractivity contribution in [2.75, 3.05) is 51.5 Å². The molecule has 50 nitrogen and oxygen atoms in total. The van der Waals surface area contributed by atoms with Gasteiger partial charge in [-0.15, -0.1) is 11.8 Å². The Labute approximate surface area is 870 Å². The summed E-state index contributed by atoms with van der Waals surface area (Å²) in [4.78, 5) is 196. The molecule has 28 N–H and O–H groups in total. The Morgan fingerprint density at radius 1 is 0.740 bits per heavy atom. The standard InChI is InChI=1S/C95H110Cl2FN19O31S2/c1-38(2)24-51(102-5)82(130)110-68-73(124)42-11-14-55(49(96)26-42)144-57-28-44-29-58(78(57)148-93-79(77(128)76(127)59(36-118)146-93)147-63-32-95(4,101)80(129)39(3)143-63)145-56-15-12-43(27-50(56)97)74(125)69-87(135)109-67(91(138)139)47-30-54(120)48(75(126)64(47)46-25-41(10-13-53(46)119)65(84(132)111-69)108-85(133)66(44)107-83(131)52(31-60(99)121)106-86(68)134)34-103-19-20-104-61(122)8-6-7-9-62(123)105-33-40-16-21-116(22-17-40)35-45-37-149-90-71(89(137)117(90)72(45)92(140)141)112-88(136)70(114-142-23-18-98)81-113-94(100)150-115-81/h10-17,21-22,25-30,38-39,51-52,59,63,65-69,71,73-74,76-77,79-80,90,93,102-103,118,124-125,127-129H,6-9,18-20,23-24,31-37,101H2,1-5H3,(H17-,99,100,104,105,106,107,108,109,110,111,112,113,114,115,119,120,121,122,123,126,130,131,132,133,134,135,136,138,139,140,141)/p+1/t39-,51+,52-,59+,63-,65?,66+,67-,68+,69?,71+,73+,74+,76+,77-,79+,80+,90+,93-,95-/m0/s1. The van der Waals surface area contributed by atoms with E-state index in [9.17, 15) is 98.9 Å². The van der Waals surface area contributed by atoms with E-state index in [0.717, 1.165) is 83.2 Å². The first-order valence-electron chi connectivity index (χ1n) is 47.1. The molecule has 5 aromatic carbocycles. The van der Waals surface area contributed by atoms with Gasteiger partial charge in [0, 0.05) is 103 Å². The number of carboxylic acid groups (broad SMARTS) is 2. The lowest BCUT2D eigenvalue weighted by molar-refractivity contribution is -0.689. The fourth-order valence-corrected chi connectivity index (χ4v) is 20.0. The highest BCUT2D eigenvalue weighted by Crippen LogP contribution is 2.52. The zero-order valence-corrected chi connectivity index (χ0v) is 83.7. The molecule has 2 unspecified atom stereocenters. The van der Waals surface area contributed by atoms with E-state index in [0.29, 0.717) is 11.1 Å². The normalized spacial score (nSPS) is 25.6. The van der Waals surface area contributed by atoms with Gasteiger partial charge in [0.05, 0.1) is 46.9 Å². The third kappa shape index (κ3) is 25.5. The van der Waals surface area contributed by atoms with Crippen LogP contribution in [0.25, 0.3) is 11.1 Å². The molecule has 0 aliphatic carbocycles. The van der Waals surface area contributed by atoms with Crippen LogP contribution in [0.5, 0.6) is 46.0 Å². The van der Waals surface area contributed by atoms with Crippen LogP contribution in [0, 0.1) is 5.92 Å². The van der Waals surface area contributed by atoms with Crippen molar-refractivity contribution in [1.82, 2.24) is 72.7 Å². The number of carbonyl (C=O) groups is 13. The number of phenols is 3. The van der Waals surface area contributed by atoms with Crippen molar-refractivity contribution in [3.8, 4) is 57.1 Å². The van der Waals surface area contributed by atoms with Crippen LogP contribution >= 0.6 is 46.5 Å². The van der Waals surface area contributed by atoms with Gasteiger partial charge in [0.2, 0.25) is 76.7 Å². The molecule has 7 aromatic rings. The quantitative estimate of drug-likeness (QED) is 0.00759. The molecule has 20 atom stereocenters. The number of unbranched alkanes of at least 4 members (excludes halogenated alkanes) is 1. The number of amides is 11. The molecule has 11 bridgehead atoms. The number of likely N-dealkylation sites (N-methyl/N-ethyl adjacent to an activating group) is 1. The maximum Gasteiger partial charge on any atom is 0.352 e. The SMILES string of the molecule is CN[C@H](CC(C)C)C(=O)N[C@H]1C(=O)N[C@@H](CC(N)=O)C(=O)N[C@H]2C(=O)NC3C(=O)NC(C(=O)N[C@H](C(=O)O)c4cc(O)c(CNCCNC(=O)CCCCC(=O)NCc5cc[n+](CC6=C(C(=O)O)N7C(=O)[C@@H](NC(=O)/C(=N\OCCF)c8nsc(N)n8)[C@H]7SC6)cc5)c(O)c4-c4cc3ccc4O)[C@H](O)c3ccc(c(Cl)c3)Oc3cc2cc(c3O[C@@H]2O[C@H](CO)[C@@H](O)[C@H](O)[C@H]2O[C@H]2C[C@](C)(N)[C@H](O)[C@H](C)O2)Oc2ccc(cc2Cl)[C@H]1O. The van der Waals surface area contributed by atoms with E-state index in [4.69, 9.17) is 73.7 Å². The Morgan fingerprint density at radius 2 is 1.39 bits per heavy atom. The number of halogens is 3. The topological polar surface area (TPSA) is 765 Å². The van der Waals surface area contributed by atoms with E-state index in [1.807, 2.05) is 0 Å². The second kappa shape index (κ2) is 48.4. The van der Waals surface area contributed by atoms with Crippen LogP contribution in [0.1, 0.15) is 148 Å². The van der Waals surface area contributed by atoms with E-state index in [1.165, 1.54) is 38.7 Å². The van der Waals surface area contributed by atoms with Gasteiger partial charge in [-0.2, -0.15) is 9.36 Å². The number of nitrogens with two attached hydrogens (primary N) is 3. The Kier molecular flexibility index (Phi) is 36.0. The second-order valence-electron chi connectivity index (χ2n) is 36.9. The van der Waals surface area contributed by atoms with Crippen LogP contribution in [-0.4, -0.2) is 289 Å². The van der Waals surface area contributed by atoms with E-state index in [-0.39, 0.29) is 116 Å². The number of rotatable bonds is 34. The molecule has 2 aromatic heterocycles. The predicted octanol–water partition coefficient (Wildman–Crippen LogP) is -0.961. The fourth-order valence-electron chi connectivity index (χ4n) is 17.8. The fraction of sp³-hybridized carbons (Fsp3) is 0.442. The van der Waals surface area contributed by atoms with Gasteiger partial charge in [-0.1, -0.05) is 60.4 Å². The maximum atomic E-state index is 16.4. The molecule has 9 aliphatic rings. The average molecular weight is 2170 g/mol. The first-order chi connectivity index (χ1) is 71.3. The number of hydrogen-bond donors (Lipinski definition) is 25. The zero-order valence-electron chi connectivity index (χ0n) is 80.6. The van der Waals surface area contributed by atoms with Crippen LogP contribution in [-0.2, 0) is 101 Å². The van der Waals surface area contributed by atoms with Crippen molar-refractivity contribution in [3.05, 3.63) is 163 Å². The van der Waals surface area contributed by atoms with Crippen LogP contribution in [0.4, 0.5) is 9.52 Å². The summed E-state index contributed by atoms with van der Waals surface area (Å²) >= 11 is 16.3. The van der Waals surface area contributed by atoms with Crippen molar-refractivity contribution in [1.29, 1.82) is 0 Å². The zero-order chi connectivity index (χ0) is 108. The van der Waals surface area contributed by atoms with Crippen LogP contribution in [0.15, 0.2) is 114 Å². The van der Waals surface area contributed by atoms with E-state index < -0.39 is 314 Å². The molecule has 0 radical (unpaired) electrons. The highest BCUT2D eigenvalue weighted by atomic mass is 35.5. The van der Waals surface area contributed by atoms with Crippen LogP contribution < -0.4 is 94.5 Å². The number of alkyl halides is 1. The number of carbonyl (C=O) groups excluding carboxylic acids is 11. The van der Waals surface area contributed by atoms with E-state index in [2.05, 4.69) is 73.0 Å². The number of oxime groups is 1. The molecule has 11 heterocycles. The number of β-lactam (4-membered cyclic amide) rings is 1. The Balaban J connectivity index is 0.727. The molecule has 16 rings (SSSR count). The number of aliphatic hydroxyl groups excluding tert-OH is 6. The minimum absolute atomic E-state index is 0.0106. The van der Waals surface area contributed by atoms with Gasteiger partial charge in [-0.3, -0.25) is 57.6 Å². The average Bonchev–Trinajstić information content (AvgIpc) is 0.727. The van der Waals surface area contributed by atoms with Gasteiger partial charge in [0.1, 0.15) is 120 Å². The molecule has 3 saturated heterocycles.